The molecular weight excluding hydrogens is 62.8 g/mol. The SMILES string of the molecule is BCC(N)N. The van der Waals surface area contributed by atoms with Crippen LogP contribution in [0.4, 0.5) is 0 Å². The third-order valence-electron chi connectivity index (χ3n) is 0.471. The Morgan fingerprint density at radius 1 is 1.60 bits per heavy atom. The minimum absolute atomic E-state index is 0.116. The van der Waals surface area contributed by atoms with Gasteiger partial charge in [0.05, 0.1) is 0 Å². The van der Waals surface area contributed by atoms with Crippen molar-refractivity contribution < 1.29 is 0 Å². The van der Waals surface area contributed by atoms with Gasteiger partial charge in [-0.25, -0.2) is 0 Å². The lowest BCUT2D eigenvalue weighted by Gasteiger charge is -1.92. The summed E-state index contributed by atoms with van der Waals surface area (Å²) in [4.78, 5) is 0. The van der Waals surface area contributed by atoms with Crippen LogP contribution in [0.3, 0.4) is 0 Å². The number of nitrogens with two attached hydrogens (primary N) is 2. The lowest BCUT2D eigenvalue weighted by Crippen LogP contribution is -2.29. The molecule has 0 radical (unpaired) electrons. The molecule has 30 valence electrons. The van der Waals surface area contributed by atoms with Gasteiger partial charge in [-0.3, -0.25) is 0 Å². The minimum Gasteiger partial charge on any atom is -0.317 e. The molecule has 0 fully saturated rings. The Balaban J connectivity index is 2.54. The zero-order valence-electron chi connectivity index (χ0n) is 3.44. The van der Waals surface area contributed by atoms with Gasteiger partial charge in [0.15, 0.2) is 0 Å². The zero-order valence-corrected chi connectivity index (χ0v) is 3.44. The van der Waals surface area contributed by atoms with Crippen LogP contribution in [0.2, 0.25) is 6.32 Å². The molecule has 0 aliphatic carbocycles. The van der Waals surface area contributed by atoms with Gasteiger partial charge in [0, 0.05) is 6.17 Å². The normalized spacial score (nSPS) is 9.40. The first kappa shape index (κ1) is 4.98. The molecule has 0 aliphatic heterocycles. The van der Waals surface area contributed by atoms with Crippen molar-refractivity contribution in [3.63, 3.8) is 0 Å². The Bertz CT molecular complexity index is 21.6. The summed E-state index contributed by atoms with van der Waals surface area (Å²) in [5, 5.41) is 0. The highest BCUT2D eigenvalue weighted by Crippen LogP contribution is 1.63. The highest BCUT2D eigenvalue weighted by molar-refractivity contribution is 6.08. The number of hydrogen-bond acceptors (Lipinski definition) is 2. The lowest BCUT2D eigenvalue weighted by atomic mass is 10.0. The molecule has 2 nitrogen and oxygen atoms in total. The van der Waals surface area contributed by atoms with E-state index in [4.69, 9.17) is 11.5 Å². The smallest absolute Gasteiger partial charge is 0.105 e. The highest BCUT2D eigenvalue weighted by Gasteiger charge is 1.79. The second-order valence-electron chi connectivity index (χ2n) is 1.07. The van der Waals surface area contributed by atoms with Crippen LogP contribution in [0.1, 0.15) is 0 Å². The van der Waals surface area contributed by atoms with Crippen molar-refractivity contribution in [3.8, 4) is 0 Å². The van der Waals surface area contributed by atoms with Crippen LogP contribution >= 0.6 is 0 Å². The molecule has 0 aromatic carbocycles. The molecule has 0 saturated heterocycles. The molecule has 0 rings (SSSR count). The predicted molar refractivity (Wildman–Crippen MR) is 25.5 cm³/mol. The van der Waals surface area contributed by atoms with Crippen molar-refractivity contribution in [2.24, 2.45) is 11.5 Å². The maximum atomic E-state index is 5.07. The summed E-state index contributed by atoms with van der Waals surface area (Å²) in [5.74, 6) is 0. The van der Waals surface area contributed by atoms with Gasteiger partial charge in [-0.2, -0.15) is 0 Å². The van der Waals surface area contributed by atoms with Gasteiger partial charge >= 0.3 is 0 Å². The van der Waals surface area contributed by atoms with E-state index in [1.807, 2.05) is 7.85 Å². The maximum Gasteiger partial charge on any atom is 0.105 e. The Hall–Kier alpha value is -0.0151. The van der Waals surface area contributed by atoms with E-state index in [2.05, 4.69) is 0 Å². The van der Waals surface area contributed by atoms with Crippen molar-refractivity contribution >= 4 is 7.85 Å². The van der Waals surface area contributed by atoms with Gasteiger partial charge in [-0.1, -0.05) is 6.32 Å². The molecule has 5 heavy (non-hydrogen) atoms. The fourth-order valence-electron chi connectivity index (χ4n) is 0. The van der Waals surface area contributed by atoms with E-state index in [1.54, 1.807) is 0 Å². The first-order valence-corrected chi connectivity index (χ1v) is 1.78. The summed E-state index contributed by atoms with van der Waals surface area (Å²) in [6.45, 7) is 0. The fraction of sp³-hybridized carbons (Fsp3) is 1.00. The van der Waals surface area contributed by atoms with Gasteiger partial charge < -0.3 is 11.5 Å². The summed E-state index contributed by atoms with van der Waals surface area (Å²) in [6.07, 6.45) is 0.745. The molecule has 0 saturated carbocycles. The van der Waals surface area contributed by atoms with Gasteiger partial charge in [-0.05, 0) is 0 Å². The molecule has 0 aromatic heterocycles. The average Bonchev–Trinajstić information content (AvgIpc) is 1.38. The molecule has 0 atom stereocenters. The molecule has 3 heteroatoms. The molecule has 0 spiro atoms. The number of hydrogen-bond donors (Lipinski definition) is 2. The van der Waals surface area contributed by atoms with Crippen molar-refractivity contribution in [2.75, 3.05) is 0 Å². The van der Waals surface area contributed by atoms with Crippen LogP contribution < -0.4 is 11.5 Å². The van der Waals surface area contributed by atoms with E-state index in [-0.39, 0.29) is 6.17 Å². The van der Waals surface area contributed by atoms with E-state index < -0.39 is 0 Å². The quantitative estimate of drug-likeness (QED) is 0.286. The largest absolute Gasteiger partial charge is 0.317 e. The second-order valence-corrected chi connectivity index (χ2v) is 1.07. The third-order valence-corrected chi connectivity index (χ3v) is 0.471. The predicted octanol–water partition coefficient (Wildman–Crippen LogP) is -1.72. The van der Waals surface area contributed by atoms with Crippen molar-refractivity contribution in [1.82, 2.24) is 0 Å². The van der Waals surface area contributed by atoms with Crippen LogP contribution in [0.25, 0.3) is 0 Å². The topological polar surface area (TPSA) is 52.0 Å². The average molecular weight is 71.9 g/mol. The first-order valence-electron chi connectivity index (χ1n) is 1.78. The van der Waals surface area contributed by atoms with Gasteiger partial charge in [0.1, 0.15) is 7.85 Å². The van der Waals surface area contributed by atoms with E-state index in [0.29, 0.717) is 0 Å². The Labute approximate surface area is 32.9 Å². The summed E-state index contributed by atoms with van der Waals surface area (Å²) < 4.78 is 0. The number of rotatable bonds is 1. The minimum atomic E-state index is -0.116. The molecular formula is C2H9BN2. The van der Waals surface area contributed by atoms with Crippen LogP contribution in [0, 0.1) is 0 Å². The van der Waals surface area contributed by atoms with Crippen molar-refractivity contribution in [2.45, 2.75) is 12.5 Å². The molecule has 0 unspecified atom stereocenters. The molecule has 0 bridgehead atoms. The zero-order chi connectivity index (χ0) is 4.28. The molecule has 0 amide bonds. The monoisotopic (exact) mass is 72.1 g/mol. The lowest BCUT2D eigenvalue weighted by molar-refractivity contribution is 0.789. The molecule has 4 N–H and O–H groups in total. The second kappa shape index (κ2) is 2.24. The summed E-state index contributed by atoms with van der Waals surface area (Å²) in [5.41, 5.74) is 10.1. The molecule has 0 aliphatic rings. The Morgan fingerprint density at radius 3 is 1.80 bits per heavy atom. The summed E-state index contributed by atoms with van der Waals surface area (Å²) >= 11 is 0. The van der Waals surface area contributed by atoms with Crippen LogP contribution in [-0.4, -0.2) is 14.0 Å². The Morgan fingerprint density at radius 2 is 1.80 bits per heavy atom. The van der Waals surface area contributed by atoms with E-state index in [0.717, 1.165) is 6.32 Å². The van der Waals surface area contributed by atoms with Crippen molar-refractivity contribution in [3.05, 3.63) is 0 Å². The maximum absolute atomic E-state index is 5.07. The van der Waals surface area contributed by atoms with Gasteiger partial charge in [0.25, 0.3) is 0 Å². The fourth-order valence-corrected chi connectivity index (χ4v) is 0. The first-order chi connectivity index (χ1) is 2.27. The molecule has 0 aromatic rings. The summed E-state index contributed by atoms with van der Waals surface area (Å²) in [7, 11) is 1.95. The third kappa shape index (κ3) is 3.98. The van der Waals surface area contributed by atoms with Gasteiger partial charge in [0.2, 0.25) is 0 Å². The van der Waals surface area contributed by atoms with Crippen LogP contribution in [0.5, 0.6) is 0 Å². The van der Waals surface area contributed by atoms with Gasteiger partial charge in [-0.15, -0.1) is 0 Å². The van der Waals surface area contributed by atoms with Crippen LogP contribution in [-0.2, 0) is 0 Å². The van der Waals surface area contributed by atoms with Crippen molar-refractivity contribution in [1.29, 1.82) is 0 Å². The van der Waals surface area contributed by atoms with Crippen LogP contribution in [0.15, 0.2) is 0 Å². The summed E-state index contributed by atoms with van der Waals surface area (Å²) in [6, 6.07) is 0. The van der Waals surface area contributed by atoms with E-state index >= 15 is 0 Å². The highest BCUT2D eigenvalue weighted by atomic mass is 14.8. The standard InChI is InChI=1S/C2H9BN2/c3-1-2(4)5/h2H,1,3-5H2. The van der Waals surface area contributed by atoms with E-state index in [9.17, 15) is 0 Å². The Kier molecular flexibility index (Phi) is 2.23. The van der Waals surface area contributed by atoms with E-state index in [1.165, 1.54) is 0 Å². The molecule has 0 heterocycles.